The van der Waals surface area contributed by atoms with E-state index in [0.717, 1.165) is 42.8 Å². The Morgan fingerprint density at radius 3 is 2.59 bits per heavy atom. The molecule has 3 heterocycles. The summed E-state index contributed by atoms with van der Waals surface area (Å²) in [5, 5.41) is 9.21. The normalized spacial score (nSPS) is 30.4. The van der Waals surface area contributed by atoms with E-state index in [9.17, 15) is 23.2 Å². The highest BCUT2D eigenvalue weighted by Crippen LogP contribution is 2.73. The third-order valence-electron chi connectivity index (χ3n) is 9.00. The fourth-order valence-electron chi connectivity index (χ4n) is 7.33. The number of nitriles is 1. The summed E-state index contributed by atoms with van der Waals surface area (Å²) in [6.07, 6.45) is 6.67. The fraction of sp³-hybridized carbons (Fsp3) is 0.667. The molecule has 6 rings (SSSR count). The number of imidazole rings is 1. The summed E-state index contributed by atoms with van der Waals surface area (Å²) in [5.41, 5.74) is 5.56. The number of alkyl halides is 3. The first-order valence-corrected chi connectivity index (χ1v) is 12.1. The summed E-state index contributed by atoms with van der Waals surface area (Å²) in [6.45, 7) is 0.779. The fourth-order valence-corrected chi connectivity index (χ4v) is 7.33. The molecule has 10 heteroatoms. The van der Waals surface area contributed by atoms with Gasteiger partial charge in [-0.2, -0.15) is 18.4 Å². The maximum atomic E-state index is 13.7. The van der Waals surface area contributed by atoms with Gasteiger partial charge in [-0.25, -0.2) is 15.6 Å². The molecule has 4 aliphatic rings. The summed E-state index contributed by atoms with van der Waals surface area (Å²) >= 11 is 0. The predicted molar refractivity (Wildman–Crippen MR) is 118 cm³/mol. The average molecular weight is 475 g/mol. The van der Waals surface area contributed by atoms with Gasteiger partial charge in [0.2, 0.25) is 0 Å². The van der Waals surface area contributed by atoms with Crippen molar-refractivity contribution in [1.29, 1.82) is 5.26 Å². The van der Waals surface area contributed by atoms with E-state index >= 15 is 0 Å². The van der Waals surface area contributed by atoms with Crippen molar-refractivity contribution in [3.63, 3.8) is 0 Å². The summed E-state index contributed by atoms with van der Waals surface area (Å²) in [6, 6.07) is 2.43. The molecule has 7 nitrogen and oxygen atoms in total. The second-order valence-corrected chi connectivity index (χ2v) is 11.1. The van der Waals surface area contributed by atoms with Crippen LogP contribution in [-0.4, -0.2) is 33.7 Å². The molecule has 2 N–H and O–H groups in total. The molecule has 1 saturated heterocycles. The van der Waals surface area contributed by atoms with E-state index in [-0.39, 0.29) is 28.7 Å². The zero-order chi connectivity index (χ0) is 23.9. The van der Waals surface area contributed by atoms with Crippen LogP contribution in [0.25, 0.3) is 5.52 Å². The number of pyridine rings is 1. The molecule has 1 spiro atoms. The van der Waals surface area contributed by atoms with Crippen molar-refractivity contribution in [2.24, 2.45) is 16.7 Å². The van der Waals surface area contributed by atoms with Crippen LogP contribution >= 0.6 is 0 Å². The Balaban J connectivity index is 1.36. The number of nitrogens with zero attached hydrogens (tertiary/aromatic N) is 4. The standard InChI is InChI=1S/C24H29F3N6O/c1-31-14-29-30-20(31)23(12-22(13-23)5-6-22)16-3-2-4-17(8-16)32-11-19-18(24(25,26)27)7-15(9-28)10-33(19)21(32)34/h7,10-11,16-17,20,29-30H,2-6,8,12-14H2,1H3. The molecule has 3 unspecified atom stereocenters. The van der Waals surface area contributed by atoms with Crippen LogP contribution in [0.1, 0.15) is 68.5 Å². The van der Waals surface area contributed by atoms with Crippen LogP contribution in [0.3, 0.4) is 0 Å². The maximum Gasteiger partial charge on any atom is 0.418 e. The molecular weight excluding hydrogens is 445 g/mol. The van der Waals surface area contributed by atoms with Crippen molar-refractivity contribution < 1.29 is 13.2 Å². The molecule has 2 aromatic heterocycles. The Morgan fingerprint density at radius 1 is 1.21 bits per heavy atom. The van der Waals surface area contributed by atoms with Gasteiger partial charge in [0, 0.05) is 23.9 Å². The Morgan fingerprint density at radius 2 is 1.97 bits per heavy atom. The first-order chi connectivity index (χ1) is 16.2. The number of hydrazine groups is 1. The highest BCUT2D eigenvalue weighted by molar-refractivity contribution is 5.57. The largest absolute Gasteiger partial charge is 0.418 e. The van der Waals surface area contributed by atoms with Crippen LogP contribution in [-0.2, 0) is 6.18 Å². The Kier molecular flexibility index (Phi) is 4.77. The van der Waals surface area contributed by atoms with Crippen molar-refractivity contribution in [3.8, 4) is 6.07 Å². The van der Waals surface area contributed by atoms with Gasteiger partial charge in [-0.05, 0) is 69.4 Å². The number of rotatable bonds is 3. The average Bonchev–Trinajstić information content (AvgIpc) is 3.35. The lowest BCUT2D eigenvalue weighted by molar-refractivity contribution is -0.136. The number of aromatic nitrogens is 2. The minimum absolute atomic E-state index is 0.112. The molecule has 0 amide bonds. The number of nitrogens with one attached hydrogen (secondary N) is 2. The minimum atomic E-state index is -4.65. The second kappa shape index (κ2) is 7.33. The number of halogens is 3. The van der Waals surface area contributed by atoms with Crippen LogP contribution in [0.2, 0.25) is 0 Å². The summed E-state index contributed by atoms with van der Waals surface area (Å²) in [5.74, 6) is 0.393. The van der Waals surface area contributed by atoms with Crippen molar-refractivity contribution >= 4 is 5.52 Å². The van der Waals surface area contributed by atoms with Gasteiger partial charge in [0.05, 0.1) is 29.5 Å². The molecule has 3 atom stereocenters. The van der Waals surface area contributed by atoms with Crippen LogP contribution in [0.15, 0.2) is 23.3 Å². The summed E-state index contributed by atoms with van der Waals surface area (Å²) < 4.78 is 43.7. The SMILES string of the molecule is CN1CNNC1C1(C2CCCC(n3cc4c(C(F)(F)F)cc(C#N)cn4c3=O)C2)CC2(CC2)C1. The predicted octanol–water partition coefficient (Wildman–Crippen LogP) is 3.61. The smallest absolute Gasteiger partial charge is 0.295 e. The first-order valence-electron chi connectivity index (χ1n) is 12.1. The molecule has 34 heavy (non-hydrogen) atoms. The lowest BCUT2D eigenvalue weighted by Gasteiger charge is -2.59. The van der Waals surface area contributed by atoms with Gasteiger partial charge in [-0.15, -0.1) is 0 Å². The van der Waals surface area contributed by atoms with E-state index in [1.165, 1.54) is 42.6 Å². The number of fused-ring (bicyclic) bond motifs is 1. The van der Waals surface area contributed by atoms with Gasteiger partial charge in [0.1, 0.15) is 6.07 Å². The van der Waals surface area contributed by atoms with E-state index in [1.54, 1.807) is 6.07 Å². The molecule has 0 bridgehead atoms. The van der Waals surface area contributed by atoms with Gasteiger partial charge in [-0.1, -0.05) is 6.42 Å². The first kappa shape index (κ1) is 22.1. The molecule has 2 aromatic rings. The van der Waals surface area contributed by atoms with Crippen LogP contribution in [0.4, 0.5) is 13.2 Å². The molecule has 182 valence electrons. The van der Waals surface area contributed by atoms with Gasteiger partial charge in [-0.3, -0.25) is 13.9 Å². The molecule has 0 aromatic carbocycles. The summed E-state index contributed by atoms with van der Waals surface area (Å²) in [4.78, 5) is 15.6. The van der Waals surface area contributed by atoms with Gasteiger partial charge >= 0.3 is 11.9 Å². The minimum Gasteiger partial charge on any atom is -0.295 e. The number of hydrogen-bond donors (Lipinski definition) is 2. The highest BCUT2D eigenvalue weighted by Gasteiger charge is 2.67. The van der Waals surface area contributed by atoms with Gasteiger partial charge in [0.25, 0.3) is 0 Å². The number of hydrogen-bond acceptors (Lipinski definition) is 5. The van der Waals surface area contributed by atoms with Crippen molar-refractivity contribution in [1.82, 2.24) is 24.7 Å². The third kappa shape index (κ3) is 3.24. The lowest BCUT2D eigenvalue weighted by atomic mass is 9.49. The quantitative estimate of drug-likeness (QED) is 0.711. The second-order valence-electron chi connectivity index (χ2n) is 11.1. The molecule has 4 fully saturated rings. The van der Waals surface area contributed by atoms with E-state index in [4.69, 9.17) is 0 Å². The van der Waals surface area contributed by atoms with E-state index in [1.807, 2.05) is 0 Å². The molecule has 1 aliphatic heterocycles. The van der Waals surface area contributed by atoms with Crippen LogP contribution in [0.5, 0.6) is 0 Å². The maximum absolute atomic E-state index is 13.7. The van der Waals surface area contributed by atoms with E-state index in [0.29, 0.717) is 11.3 Å². The van der Waals surface area contributed by atoms with Crippen molar-refractivity contribution in [3.05, 3.63) is 40.1 Å². The lowest BCUT2D eigenvalue weighted by Crippen LogP contribution is -2.61. The highest BCUT2D eigenvalue weighted by atomic mass is 19.4. The topological polar surface area (TPSA) is 77.5 Å². The molecule has 3 aliphatic carbocycles. The summed E-state index contributed by atoms with van der Waals surface area (Å²) in [7, 11) is 2.12. The Bertz CT molecular complexity index is 1230. The zero-order valence-electron chi connectivity index (χ0n) is 19.2. The molecule has 3 saturated carbocycles. The monoisotopic (exact) mass is 474 g/mol. The van der Waals surface area contributed by atoms with Crippen molar-refractivity contribution in [2.75, 3.05) is 13.7 Å². The van der Waals surface area contributed by atoms with Gasteiger partial charge < -0.3 is 0 Å². The van der Waals surface area contributed by atoms with Crippen LogP contribution in [0, 0.1) is 28.1 Å². The van der Waals surface area contributed by atoms with Gasteiger partial charge in [0.15, 0.2) is 0 Å². The van der Waals surface area contributed by atoms with E-state index in [2.05, 4.69) is 22.8 Å². The molecule has 0 radical (unpaired) electrons. The van der Waals surface area contributed by atoms with E-state index < -0.39 is 17.4 Å². The Labute approximate surface area is 195 Å². The Hall–Kier alpha value is -2.35. The third-order valence-corrected chi connectivity index (χ3v) is 9.00. The van der Waals surface area contributed by atoms with Crippen molar-refractivity contribution in [2.45, 2.75) is 69.8 Å². The van der Waals surface area contributed by atoms with Crippen LogP contribution < -0.4 is 16.5 Å². The zero-order valence-corrected chi connectivity index (χ0v) is 19.2. The molecular formula is C24H29F3N6O.